The van der Waals surface area contributed by atoms with E-state index in [9.17, 15) is 4.79 Å². The zero-order chi connectivity index (χ0) is 5.98. The van der Waals surface area contributed by atoms with Gasteiger partial charge in [0.1, 0.15) is 19.3 Å². The number of carbonyl (C=O) groups excluding carboxylic acids is 1. The molecule has 1 aliphatic heterocycles. The molecule has 0 radical (unpaired) electrons. The lowest BCUT2D eigenvalue weighted by molar-refractivity contribution is -0.0523. The fourth-order valence-electron chi connectivity index (χ4n) is 0.418. The predicted molar refractivity (Wildman–Crippen MR) is 23.3 cm³/mol. The Morgan fingerprint density at radius 3 is 2.38 bits per heavy atom. The Hall–Kier alpha value is -0.770. The number of ether oxygens (including phenoxy) is 2. The third kappa shape index (κ3) is 1.10. The average Bonchev–Trinajstić information content (AvgIpc) is 1.77. The number of carbonyl (C=O) groups is 1. The molecule has 0 saturated carbocycles. The van der Waals surface area contributed by atoms with E-state index in [-0.39, 0.29) is 13.2 Å². The second-order valence-corrected chi connectivity index (χ2v) is 1.53. The Morgan fingerprint density at radius 2 is 2.00 bits per heavy atom. The normalized spacial score (nSPS) is 21.9. The molecule has 1 heterocycles. The summed E-state index contributed by atoms with van der Waals surface area (Å²) in [5.74, 6) is 0. The van der Waals surface area contributed by atoms with Gasteiger partial charge in [0.25, 0.3) is 0 Å². The van der Waals surface area contributed by atoms with Crippen LogP contribution in [0.1, 0.15) is 0 Å². The molecule has 1 N–H and O–H groups in total. The van der Waals surface area contributed by atoms with Crippen LogP contribution in [0, 0.1) is 0 Å². The Kier molecular flexibility index (Phi) is 1.34. The van der Waals surface area contributed by atoms with E-state index in [4.69, 9.17) is 5.11 Å². The minimum absolute atomic E-state index is 0.0544. The van der Waals surface area contributed by atoms with Crippen molar-refractivity contribution in [3.05, 3.63) is 0 Å². The summed E-state index contributed by atoms with van der Waals surface area (Å²) in [5.41, 5.74) is 0. The monoisotopic (exact) mass is 118 g/mol. The Labute approximate surface area is 46.0 Å². The first-order valence-electron chi connectivity index (χ1n) is 2.26. The molecule has 0 atom stereocenters. The van der Waals surface area contributed by atoms with Gasteiger partial charge < -0.3 is 14.6 Å². The minimum Gasteiger partial charge on any atom is -0.431 e. The standard InChI is InChI=1S/C4H6O4/c5-3-1-7-4(6)8-2-3/h3,5H,1-2H2. The van der Waals surface area contributed by atoms with Gasteiger partial charge in [-0.05, 0) is 0 Å². The molecule has 0 amide bonds. The van der Waals surface area contributed by atoms with E-state index in [0.29, 0.717) is 0 Å². The van der Waals surface area contributed by atoms with E-state index in [1.165, 1.54) is 0 Å². The highest BCUT2D eigenvalue weighted by molar-refractivity contribution is 5.60. The minimum atomic E-state index is -0.699. The van der Waals surface area contributed by atoms with E-state index in [0.717, 1.165) is 0 Å². The van der Waals surface area contributed by atoms with Crippen molar-refractivity contribution < 1.29 is 19.4 Å². The molecule has 0 unspecified atom stereocenters. The molecular weight excluding hydrogens is 112 g/mol. The van der Waals surface area contributed by atoms with Gasteiger partial charge in [-0.2, -0.15) is 0 Å². The molecule has 0 aromatic carbocycles. The highest BCUT2D eigenvalue weighted by atomic mass is 16.7. The number of hydrogen-bond donors (Lipinski definition) is 1. The van der Waals surface area contributed by atoms with Crippen LogP contribution in [-0.2, 0) is 9.47 Å². The summed E-state index contributed by atoms with van der Waals surface area (Å²) >= 11 is 0. The summed E-state index contributed by atoms with van der Waals surface area (Å²) < 4.78 is 8.56. The first-order valence-corrected chi connectivity index (χ1v) is 2.26. The topological polar surface area (TPSA) is 55.8 Å². The zero-order valence-corrected chi connectivity index (χ0v) is 4.16. The quantitative estimate of drug-likeness (QED) is 0.436. The van der Waals surface area contributed by atoms with E-state index >= 15 is 0 Å². The summed E-state index contributed by atoms with van der Waals surface area (Å²) in [6, 6.07) is 0. The van der Waals surface area contributed by atoms with Crippen LogP contribution in [0.3, 0.4) is 0 Å². The van der Waals surface area contributed by atoms with Crippen molar-refractivity contribution in [3.8, 4) is 0 Å². The number of aliphatic hydroxyl groups excluding tert-OH is 1. The fourth-order valence-corrected chi connectivity index (χ4v) is 0.418. The van der Waals surface area contributed by atoms with Crippen molar-refractivity contribution in [1.29, 1.82) is 0 Å². The summed E-state index contributed by atoms with van der Waals surface area (Å²) in [6.45, 7) is 0.109. The smallest absolute Gasteiger partial charge is 0.431 e. The summed E-state index contributed by atoms with van der Waals surface area (Å²) in [7, 11) is 0. The van der Waals surface area contributed by atoms with Gasteiger partial charge >= 0.3 is 6.16 Å². The maximum atomic E-state index is 10.1. The van der Waals surface area contributed by atoms with Crippen LogP contribution in [0.25, 0.3) is 0 Å². The van der Waals surface area contributed by atoms with Crippen molar-refractivity contribution in [1.82, 2.24) is 0 Å². The van der Waals surface area contributed by atoms with Crippen molar-refractivity contribution in [2.24, 2.45) is 0 Å². The lowest BCUT2D eigenvalue weighted by Crippen LogP contribution is -2.31. The van der Waals surface area contributed by atoms with Gasteiger partial charge in [0, 0.05) is 0 Å². The summed E-state index contributed by atoms with van der Waals surface area (Å²) in [5, 5.41) is 8.62. The Bertz CT molecular complexity index is 90.2. The third-order valence-electron chi connectivity index (χ3n) is 0.787. The van der Waals surface area contributed by atoms with Gasteiger partial charge in [-0.15, -0.1) is 0 Å². The van der Waals surface area contributed by atoms with Crippen LogP contribution < -0.4 is 0 Å². The van der Waals surface area contributed by atoms with Gasteiger partial charge in [0.05, 0.1) is 0 Å². The van der Waals surface area contributed by atoms with E-state index in [1.807, 2.05) is 0 Å². The molecule has 0 aliphatic carbocycles. The van der Waals surface area contributed by atoms with Crippen LogP contribution in [0.15, 0.2) is 0 Å². The molecule has 0 bridgehead atoms. The van der Waals surface area contributed by atoms with Crippen LogP contribution in [0.5, 0.6) is 0 Å². The van der Waals surface area contributed by atoms with Crippen LogP contribution in [0.2, 0.25) is 0 Å². The van der Waals surface area contributed by atoms with Gasteiger partial charge in [0.15, 0.2) is 0 Å². The number of rotatable bonds is 0. The van der Waals surface area contributed by atoms with E-state index in [1.54, 1.807) is 0 Å². The average molecular weight is 118 g/mol. The second kappa shape index (κ2) is 2.00. The molecule has 1 saturated heterocycles. The van der Waals surface area contributed by atoms with Crippen LogP contribution in [-0.4, -0.2) is 30.6 Å². The highest BCUT2D eigenvalue weighted by Crippen LogP contribution is 1.97. The van der Waals surface area contributed by atoms with Crippen molar-refractivity contribution in [3.63, 3.8) is 0 Å². The molecule has 0 spiro atoms. The third-order valence-corrected chi connectivity index (χ3v) is 0.787. The highest BCUT2D eigenvalue weighted by Gasteiger charge is 2.17. The molecule has 4 heteroatoms. The number of aliphatic hydroxyl groups is 1. The molecular formula is C4H6O4. The Morgan fingerprint density at radius 1 is 1.50 bits per heavy atom. The molecule has 0 aromatic rings. The van der Waals surface area contributed by atoms with Crippen LogP contribution in [0.4, 0.5) is 4.79 Å². The largest absolute Gasteiger partial charge is 0.508 e. The SMILES string of the molecule is O=C1OCC(O)CO1. The van der Waals surface area contributed by atoms with Crippen LogP contribution >= 0.6 is 0 Å². The molecule has 46 valence electrons. The maximum Gasteiger partial charge on any atom is 0.508 e. The van der Waals surface area contributed by atoms with Crippen molar-refractivity contribution in [2.75, 3.05) is 13.2 Å². The number of hydrogen-bond acceptors (Lipinski definition) is 4. The first kappa shape index (κ1) is 5.37. The van der Waals surface area contributed by atoms with E-state index in [2.05, 4.69) is 9.47 Å². The van der Waals surface area contributed by atoms with E-state index < -0.39 is 12.3 Å². The predicted octanol–water partition coefficient (Wildman–Crippen LogP) is -0.486. The fraction of sp³-hybridized carbons (Fsp3) is 0.750. The van der Waals surface area contributed by atoms with Gasteiger partial charge in [-0.25, -0.2) is 4.79 Å². The zero-order valence-electron chi connectivity index (χ0n) is 4.16. The summed E-state index contributed by atoms with van der Waals surface area (Å²) in [6.07, 6.45) is -1.34. The molecule has 1 rings (SSSR count). The van der Waals surface area contributed by atoms with Crippen molar-refractivity contribution in [2.45, 2.75) is 6.10 Å². The number of cyclic esters (lactones) is 2. The second-order valence-electron chi connectivity index (χ2n) is 1.53. The lowest BCUT2D eigenvalue weighted by atomic mass is 10.4. The maximum absolute atomic E-state index is 10.1. The summed E-state index contributed by atoms with van der Waals surface area (Å²) in [4.78, 5) is 10.1. The lowest BCUT2D eigenvalue weighted by Gasteiger charge is -2.16. The first-order chi connectivity index (χ1) is 3.79. The molecule has 0 aromatic heterocycles. The molecule has 4 nitrogen and oxygen atoms in total. The Balaban J connectivity index is 2.29. The molecule has 1 fully saturated rings. The van der Waals surface area contributed by atoms with Gasteiger partial charge in [-0.1, -0.05) is 0 Å². The molecule has 8 heavy (non-hydrogen) atoms. The molecule has 1 aliphatic rings. The van der Waals surface area contributed by atoms with Gasteiger partial charge in [0.2, 0.25) is 0 Å². The van der Waals surface area contributed by atoms with Crippen molar-refractivity contribution >= 4 is 6.16 Å². The van der Waals surface area contributed by atoms with Gasteiger partial charge in [-0.3, -0.25) is 0 Å².